The van der Waals surface area contributed by atoms with Gasteiger partial charge in [0.05, 0.1) is 30.1 Å². The minimum Gasteiger partial charge on any atom is -0.481 e. The SMILES string of the molecule is C[C@@H]1CC[C@@H]2CCC[C@H]([C@](C)(O[Si](C)(C)C(C)(C)C)C(C)(C)C(=O)O)[C@H]2[C@@H]1CC[C@@H]1C[C@@H](OCOCc2ccccc2)CC(=O)O1. The highest BCUT2D eigenvalue weighted by Crippen LogP contribution is 2.59. The monoisotopic (exact) mass is 658 g/mol. The summed E-state index contributed by atoms with van der Waals surface area (Å²) in [6, 6.07) is 10.00. The normalized spacial score (nSPS) is 30.6. The smallest absolute Gasteiger partial charge is 0.311 e. The van der Waals surface area contributed by atoms with Crippen LogP contribution in [-0.2, 0) is 34.8 Å². The molecule has 2 aliphatic carbocycles. The molecule has 0 bridgehead atoms. The Morgan fingerprint density at radius 1 is 1.00 bits per heavy atom. The van der Waals surface area contributed by atoms with Crippen LogP contribution in [0.25, 0.3) is 0 Å². The molecule has 0 aromatic heterocycles. The van der Waals surface area contributed by atoms with Crippen LogP contribution in [0.2, 0.25) is 18.1 Å². The third-order valence-electron chi connectivity index (χ3n) is 12.6. The van der Waals surface area contributed by atoms with E-state index in [1.165, 1.54) is 19.3 Å². The van der Waals surface area contributed by atoms with Gasteiger partial charge in [0.25, 0.3) is 0 Å². The minimum atomic E-state index is -2.31. The average molecular weight is 659 g/mol. The summed E-state index contributed by atoms with van der Waals surface area (Å²) in [5.74, 6) is 1.04. The second kappa shape index (κ2) is 14.8. The van der Waals surface area contributed by atoms with E-state index in [1.807, 2.05) is 44.2 Å². The van der Waals surface area contributed by atoms with Crippen molar-refractivity contribution in [3.8, 4) is 0 Å². The maximum atomic E-state index is 13.0. The Balaban J connectivity index is 1.49. The highest BCUT2D eigenvalue weighted by Gasteiger charge is 2.60. The van der Waals surface area contributed by atoms with E-state index in [0.717, 1.165) is 31.2 Å². The van der Waals surface area contributed by atoms with E-state index in [9.17, 15) is 14.7 Å². The van der Waals surface area contributed by atoms with Crippen molar-refractivity contribution in [3.05, 3.63) is 35.9 Å². The highest BCUT2D eigenvalue weighted by molar-refractivity contribution is 6.74. The maximum absolute atomic E-state index is 13.0. The molecule has 4 rings (SSSR count). The van der Waals surface area contributed by atoms with E-state index in [-0.39, 0.29) is 42.3 Å². The zero-order chi connectivity index (χ0) is 33.9. The molecule has 0 unspecified atom stereocenters. The molecule has 0 amide bonds. The van der Waals surface area contributed by atoms with Gasteiger partial charge in [-0.25, -0.2) is 0 Å². The van der Waals surface area contributed by atoms with Crippen molar-refractivity contribution in [3.63, 3.8) is 0 Å². The van der Waals surface area contributed by atoms with E-state index in [0.29, 0.717) is 36.7 Å². The molecule has 1 aromatic rings. The highest BCUT2D eigenvalue weighted by atomic mass is 28.4. The molecule has 1 saturated heterocycles. The number of aliphatic carboxylic acids is 1. The van der Waals surface area contributed by atoms with E-state index >= 15 is 0 Å². The molecule has 7 nitrogen and oxygen atoms in total. The van der Waals surface area contributed by atoms with Crippen molar-refractivity contribution < 1.29 is 33.3 Å². The molecule has 1 N–H and O–H groups in total. The Bertz CT molecular complexity index is 1160. The van der Waals surface area contributed by atoms with Crippen LogP contribution in [0.5, 0.6) is 0 Å². The number of rotatable bonds is 13. The standard InChI is InChI=1S/C38H62O7Si/c1-26-18-19-28-16-13-17-32(38(7,37(5,6)35(40)41)45-46(8,9)36(2,3)4)34(28)31(26)21-20-29-22-30(23-33(39)44-29)43-25-42-24-27-14-11-10-12-15-27/h10-12,14-15,26,28-32,34H,13,16-25H2,1-9H3,(H,40,41)/t26-,28+,29-,30-,31-,32+,34-,38+/m1/s1. The van der Waals surface area contributed by atoms with Crippen LogP contribution in [0.15, 0.2) is 30.3 Å². The molecule has 2 saturated carbocycles. The van der Waals surface area contributed by atoms with Gasteiger partial charge in [0.1, 0.15) is 12.9 Å². The Hall–Kier alpha value is -1.74. The number of hydrogen-bond acceptors (Lipinski definition) is 6. The van der Waals surface area contributed by atoms with Crippen LogP contribution in [0.3, 0.4) is 0 Å². The molecule has 1 aliphatic heterocycles. The Kier molecular flexibility index (Phi) is 11.9. The van der Waals surface area contributed by atoms with Gasteiger partial charge in [-0.05, 0) is 99.7 Å². The number of esters is 1. The summed E-state index contributed by atoms with van der Waals surface area (Å²) < 4.78 is 25.0. The Labute approximate surface area is 279 Å². The first-order valence-corrected chi connectivity index (χ1v) is 20.7. The molecule has 0 spiro atoms. The zero-order valence-electron chi connectivity index (χ0n) is 30.1. The van der Waals surface area contributed by atoms with E-state index in [1.54, 1.807) is 0 Å². The number of ether oxygens (including phenoxy) is 3. The quantitative estimate of drug-likeness (QED) is 0.0979. The molecular weight excluding hydrogens is 596 g/mol. The number of cyclic esters (lactones) is 1. The molecule has 3 aliphatic rings. The van der Waals surface area contributed by atoms with Gasteiger partial charge in [0.2, 0.25) is 0 Å². The van der Waals surface area contributed by atoms with Crippen molar-refractivity contribution in [1.29, 1.82) is 0 Å². The van der Waals surface area contributed by atoms with Crippen LogP contribution < -0.4 is 0 Å². The van der Waals surface area contributed by atoms with Crippen LogP contribution in [-0.4, -0.2) is 50.0 Å². The third-order valence-corrected chi connectivity index (χ3v) is 17.2. The lowest BCUT2D eigenvalue weighted by Crippen LogP contribution is -2.64. The van der Waals surface area contributed by atoms with Gasteiger partial charge in [-0.1, -0.05) is 77.3 Å². The van der Waals surface area contributed by atoms with Crippen molar-refractivity contribution in [2.75, 3.05) is 6.79 Å². The molecule has 8 atom stereocenters. The molecule has 260 valence electrons. The lowest BCUT2D eigenvalue weighted by Gasteiger charge is -2.59. The second-order valence-electron chi connectivity index (χ2n) is 16.9. The number of carbonyl (C=O) groups excluding carboxylic acids is 1. The van der Waals surface area contributed by atoms with Gasteiger partial charge in [-0.2, -0.15) is 0 Å². The number of fused-ring (bicyclic) bond motifs is 1. The summed E-state index contributed by atoms with van der Waals surface area (Å²) in [7, 11) is -2.31. The first-order valence-electron chi connectivity index (χ1n) is 17.8. The maximum Gasteiger partial charge on any atom is 0.311 e. The minimum absolute atomic E-state index is 0.0355. The molecule has 1 heterocycles. The fourth-order valence-corrected chi connectivity index (χ4v) is 10.2. The largest absolute Gasteiger partial charge is 0.481 e. The first kappa shape index (κ1) is 37.1. The Morgan fingerprint density at radius 2 is 1.70 bits per heavy atom. The fourth-order valence-electron chi connectivity index (χ4n) is 8.46. The fraction of sp³-hybridized carbons (Fsp3) is 0.789. The number of benzene rings is 1. The van der Waals surface area contributed by atoms with Gasteiger partial charge in [0.15, 0.2) is 8.32 Å². The zero-order valence-corrected chi connectivity index (χ0v) is 31.1. The average Bonchev–Trinajstić information content (AvgIpc) is 2.98. The van der Waals surface area contributed by atoms with Crippen molar-refractivity contribution in [2.45, 2.75) is 149 Å². The number of hydrogen-bond donors (Lipinski definition) is 1. The van der Waals surface area contributed by atoms with Crippen LogP contribution in [0, 0.1) is 35.0 Å². The van der Waals surface area contributed by atoms with Gasteiger partial charge in [-0.3, -0.25) is 9.59 Å². The molecule has 8 heteroatoms. The third kappa shape index (κ3) is 8.27. The van der Waals surface area contributed by atoms with Gasteiger partial charge in [0, 0.05) is 6.42 Å². The summed E-state index contributed by atoms with van der Waals surface area (Å²) in [6.07, 6.45) is 7.98. The molecular formula is C38H62O7Si. The topological polar surface area (TPSA) is 91.3 Å². The summed E-state index contributed by atoms with van der Waals surface area (Å²) >= 11 is 0. The van der Waals surface area contributed by atoms with Crippen molar-refractivity contribution in [2.24, 2.45) is 35.0 Å². The lowest BCUT2D eigenvalue weighted by atomic mass is 9.51. The summed E-state index contributed by atoms with van der Waals surface area (Å²) in [5, 5.41) is 10.6. The number of carboxylic acid groups (broad SMARTS) is 1. The molecule has 1 aromatic carbocycles. The molecule has 46 heavy (non-hydrogen) atoms. The second-order valence-corrected chi connectivity index (χ2v) is 21.6. The predicted octanol–water partition coefficient (Wildman–Crippen LogP) is 9.00. The summed E-state index contributed by atoms with van der Waals surface area (Å²) in [4.78, 5) is 25.6. The predicted molar refractivity (Wildman–Crippen MR) is 184 cm³/mol. The first-order chi connectivity index (χ1) is 21.5. The van der Waals surface area contributed by atoms with Gasteiger partial charge >= 0.3 is 11.9 Å². The van der Waals surface area contributed by atoms with Crippen molar-refractivity contribution in [1.82, 2.24) is 0 Å². The number of carboxylic acids is 1. The molecule has 3 fully saturated rings. The van der Waals surface area contributed by atoms with Gasteiger partial charge < -0.3 is 23.7 Å². The lowest BCUT2D eigenvalue weighted by molar-refractivity contribution is -0.181. The van der Waals surface area contributed by atoms with Crippen molar-refractivity contribution >= 4 is 20.3 Å². The van der Waals surface area contributed by atoms with E-state index in [4.69, 9.17) is 18.6 Å². The summed E-state index contributed by atoms with van der Waals surface area (Å²) in [6.45, 7) is 20.1. The summed E-state index contributed by atoms with van der Waals surface area (Å²) in [5.41, 5.74) is -0.770. The number of carbonyl (C=O) groups is 2. The van der Waals surface area contributed by atoms with Crippen LogP contribution in [0.1, 0.15) is 112 Å². The van der Waals surface area contributed by atoms with E-state index < -0.39 is 25.3 Å². The van der Waals surface area contributed by atoms with Crippen LogP contribution >= 0.6 is 0 Å². The molecule has 0 radical (unpaired) electrons. The Morgan fingerprint density at radius 3 is 2.35 bits per heavy atom. The van der Waals surface area contributed by atoms with E-state index in [2.05, 4.69) is 47.7 Å². The van der Waals surface area contributed by atoms with Crippen LogP contribution in [0.4, 0.5) is 0 Å². The van der Waals surface area contributed by atoms with Gasteiger partial charge in [-0.15, -0.1) is 0 Å².